The summed E-state index contributed by atoms with van der Waals surface area (Å²) < 4.78 is 5.43. The Bertz CT molecular complexity index is 1210. The summed E-state index contributed by atoms with van der Waals surface area (Å²) in [5, 5.41) is 5.69. The monoisotopic (exact) mass is 594 g/mol. The number of nitrogens with two attached hydrogens (primary N) is 1. The fraction of sp³-hybridized carbons (Fsp3) is 0.529. The van der Waals surface area contributed by atoms with Crippen molar-refractivity contribution < 1.29 is 23.9 Å². The minimum Gasteiger partial charge on any atom is -0.444 e. The smallest absolute Gasteiger partial charge is 0.408 e. The van der Waals surface area contributed by atoms with Gasteiger partial charge in [0.1, 0.15) is 17.7 Å². The van der Waals surface area contributed by atoms with Crippen LogP contribution in [0.1, 0.15) is 101 Å². The molecule has 0 aliphatic rings. The lowest BCUT2D eigenvalue weighted by Crippen LogP contribution is -2.53. The molecule has 236 valence electrons. The molecular weight excluding hydrogens is 544 g/mol. The highest BCUT2D eigenvalue weighted by atomic mass is 16.6. The molecule has 4 N–H and O–H groups in total. The lowest BCUT2D eigenvalue weighted by molar-refractivity contribution is -0.143. The predicted octanol–water partition coefficient (Wildman–Crippen LogP) is 5.62. The number of aryl methyl sites for hydroxylation is 1. The number of carbonyl (C=O) groups excluding carboxylic acids is 4. The number of nitrogens with zero attached hydrogens (tertiary/aromatic N) is 1. The van der Waals surface area contributed by atoms with Gasteiger partial charge in [0.15, 0.2) is 0 Å². The Kier molecular flexibility index (Phi) is 14.2. The van der Waals surface area contributed by atoms with E-state index in [0.717, 1.165) is 42.4 Å². The Morgan fingerprint density at radius 3 is 2.23 bits per heavy atom. The Hall–Kier alpha value is -3.88. The summed E-state index contributed by atoms with van der Waals surface area (Å²) in [6.45, 7) is 11.8. The normalized spacial score (nSPS) is 12.6. The van der Waals surface area contributed by atoms with Gasteiger partial charge in [-0.1, -0.05) is 81.1 Å². The van der Waals surface area contributed by atoms with Crippen LogP contribution in [0.3, 0.4) is 0 Å². The van der Waals surface area contributed by atoms with Crippen LogP contribution in [0.15, 0.2) is 48.5 Å². The van der Waals surface area contributed by atoms with E-state index in [1.54, 1.807) is 25.7 Å². The lowest BCUT2D eigenvalue weighted by Gasteiger charge is -2.35. The van der Waals surface area contributed by atoms with Crippen molar-refractivity contribution in [3.8, 4) is 0 Å². The molecule has 2 aromatic rings. The van der Waals surface area contributed by atoms with E-state index < -0.39 is 35.6 Å². The number of carbonyl (C=O) groups is 4. The van der Waals surface area contributed by atoms with Crippen molar-refractivity contribution in [3.63, 3.8) is 0 Å². The first-order chi connectivity index (χ1) is 20.3. The van der Waals surface area contributed by atoms with E-state index in [2.05, 4.69) is 17.6 Å². The highest BCUT2D eigenvalue weighted by molar-refractivity contribution is 5.92. The molecule has 0 radical (unpaired) electrons. The number of hydrogen-bond acceptors (Lipinski definition) is 5. The van der Waals surface area contributed by atoms with Gasteiger partial charge in [-0.3, -0.25) is 14.4 Å². The molecule has 9 heteroatoms. The third kappa shape index (κ3) is 12.1. The minimum atomic E-state index is -1.12. The van der Waals surface area contributed by atoms with Gasteiger partial charge < -0.3 is 26.0 Å². The van der Waals surface area contributed by atoms with Crippen LogP contribution in [-0.2, 0) is 25.7 Å². The van der Waals surface area contributed by atoms with Gasteiger partial charge in [0, 0.05) is 19.5 Å². The first-order valence-corrected chi connectivity index (χ1v) is 15.3. The molecule has 0 saturated heterocycles. The Labute approximate surface area is 256 Å². The van der Waals surface area contributed by atoms with Gasteiger partial charge in [-0.2, -0.15) is 0 Å². The van der Waals surface area contributed by atoms with Crippen LogP contribution in [0, 0.1) is 13.8 Å². The van der Waals surface area contributed by atoms with E-state index in [4.69, 9.17) is 10.5 Å². The van der Waals surface area contributed by atoms with Crippen LogP contribution in [0.2, 0.25) is 0 Å². The van der Waals surface area contributed by atoms with E-state index in [1.807, 2.05) is 62.4 Å². The number of nitrogens with one attached hydrogen (secondary N) is 2. The van der Waals surface area contributed by atoms with Crippen LogP contribution in [0.25, 0.3) is 0 Å². The van der Waals surface area contributed by atoms with Gasteiger partial charge in [0.25, 0.3) is 0 Å². The summed E-state index contributed by atoms with van der Waals surface area (Å²) in [6.07, 6.45) is 3.79. The van der Waals surface area contributed by atoms with Crippen molar-refractivity contribution in [2.75, 3.05) is 6.54 Å². The number of ether oxygens (including phenoxy) is 1. The molecule has 43 heavy (non-hydrogen) atoms. The average Bonchev–Trinajstić information content (AvgIpc) is 2.94. The van der Waals surface area contributed by atoms with Crippen LogP contribution in [0.4, 0.5) is 4.79 Å². The summed E-state index contributed by atoms with van der Waals surface area (Å²) in [5.74, 6) is -1.39. The first kappa shape index (κ1) is 35.3. The molecule has 9 nitrogen and oxygen atoms in total. The molecule has 0 aromatic heterocycles. The number of amides is 4. The third-order valence-electron chi connectivity index (χ3n) is 7.26. The van der Waals surface area contributed by atoms with E-state index in [0.29, 0.717) is 25.1 Å². The fourth-order valence-electron chi connectivity index (χ4n) is 4.85. The largest absolute Gasteiger partial charge is 0.444 e. The number of benzene rings is 2. The highest BCUT2D eigenvalue weighted by Crippen LogP contribution is 2.28. The van der Waals surface area contributed by atoms with Gasteiger partial charge in [-0.15, -0.1) is 0 Å². The van der Waals surface area contributed by atoms with Crippen LogP contribution in [0.5, 0.6) is 0 Å². The van der Waals surface area contributed by atoms with E-state index >= 15 is 0 Å². The highest BCUT2D eigenvalue weighted by Gasteiger charge is 2.37. The van der Waals surface area contributed by atoms with Crippen molar-refractivity contribution in [1.29, 1.82) is 0 Å². The molecule has 2 unspecified atom stereocenters. The summed E-state index contributed by atoms with van der Waals surface area (Å²) in [7, 11) is 0. The molecule has 2 rings (SSSR count). The van der Waals surface area contributed by atoms with Crippen LogP contribution in [-0.4, -0.2) is 46.9 Å². The van der Waals surface area contributed by atoms with Crippen LogP contribution >= 0.6 is 0 Å². The molecule has 0 aliphatic heterocycles. The van der Waals surface area contributed by atoms with Crippen molar-refractivity contribution in [2.24, 2.45) is 5.73 Å². The number of primary amides is 1. The molecular formula is C34H50N4O5. The Balaban J connectivity index is 2.54. The zero-order valence-corrected chi connectivity index (χ0v) is 26.7. The van der Waals surface area contributed by atoms with Gasteiger partial charge in [-0.25, -0.2) is 4.79 Å². The summed E-state index contributed by atoms with van der Waals surface area (Å²) >= 11 is 0. The molecule has 4 amide bonds. The number of hydrogen-bond donors (Lipinski definition) is 3. The third-order valence-corrected chi connectivity index (χ3v) is 7.26. The molecule has 0 heterocycles. The van der Waals surface area contributed by atoms with Gasteiger partial charge in [0.05, 0.1) is 0 Å². The van der Waals surface area contributed by atoms with E-state index in [9.17, 15) is 19.2 Å². The van der Waals surface area contributed by atoms with E-state index in [1.165, 1.54) is 0 Å². The number of unbranched alkanes of at least 4 members (excludes halogenated alkanes) is 4. The quantitative estimate of drug-likeness (QED) is 0.217. The topological polar surface area (TPSA) is 131 Å². The van der Waals surface area contributed by atoms with Crippen molar-refractivity contribution in [1.82, 2.24) is 15.5 Å². The fourth-order valence-corrected chi connectivity index (χ4v) is 4.85. The van der Waals surface area contributed by atoms with Crippen molar-refractivity contribution >= 4 is 23.8 Å². The zero-order valence-electron chi connectivity index (χ0n) is 26.7. The number of rotatable bonds is 16. The second kappa shape index (κ2) is 17.3. The molecule has 0 fully saturated rings. The predicted molar refractivity (Wildman–Crippen MR) is 169 cm³/mol. The SMILES string of the molecule is CCCCCCCN(C(=O)C(CCC(N)=O)NC(=O)OC(C)(C)C)C(C(=O)NCc1ccccc1)c1cccc(C)c1C. The molecule has 0 bridgehead atoms. The maximum Gasteiger partial charge on any atom is 0.408 e. The molecule has 2 aromatic carbocycles. The second-order valence-corrected chi connectivity index (χ2v) is 12.0. The Morgan fingerprint density at radius 2 is 1.60 bits per heavy atom. The molecule has 0 aliphatic carbocycles. The average molecular weight is 595 g/mol. The molecule has 2 atom stereocenters. The first-order valence-electron chi connectivity index (χ1n) is 15.3. The molecule has 0 spiro atoms. The zero-order chi connectivity index (χ0) is 32.0. The lowest BCUT2D eigenvalue weighted by atomic mass is 9.94. The van der Waals surface area contributed by atoms with Gasteiger partial charge in [0.2, 0.25) is 17.7 Å². The number of alkyl carbamates (subject to hydrolysis) is 1. The van der Waals surface area contributed by atoms with Crippen molar-refractivity contribution in [2.45, 2.75) is 111 Å². The maximum absolute atomic E-state index is 14.4. The second-order valence-electron chi connectivity index (χ2n) is 12.0. The Morgan fingerprint density at radius 1 is 0.930 bits per heavy atom. The standard InChI is InChI=1S/C34H50N4O5/c1-7-8-9-10-14-22-38(32(41)28(20-21-29(35)39)37-33(42)43-34(4,5)6)30(27-19-15-16-24(2)25(27)3)31(40)36-23-26-17-12-11-13-18-26/h11-13,15-19,28,30H,7-10,14,20-23H2,1-6H3,(H2,35,39)(H,36,40)(H,37,42). The maximum atomic E-state index is 14.4. The molecule has 0 saturated carbocycles. The summed E-state index contributed by atoms with van der Waals surface area (Å²) in [4.78, 5) is 54.6. The van der Waals surface area contributed by atoms with Gasteiger partial charge >= 0.3 is 6.09 Å². The summed E-state index contributed by atoms with van der Waals surface area (Å²) in [6, 6.07) is 13.2. The minimum absolute atomic E-state index is 0.0229. The van der Waals surface area contributed by atoms with Gasteiger partial charge in [-0.05, 0) is 69.7 Å². The van der Waals surface area contributed by atoms with Crippen LogP contribution < -0.4 is 16.4 Å². The van der Waals surface area contributed by atoms with Crippen molar-refractivity contribution in [3.05, 3.63) is 70.8 Å². The summed E-state index contributed by atoms with van der Waals surface area (Å²) in [5.41, 5.74) is 8.17. The van der Waals surface area contributed by atoms with E-state index in [-0.39, 0.29) is 18.7 Å².